The van der Waals surface area contributed by atoms with E-state index in [-0.39, 0.29) is 18.2 Å². The van der Waals surface area contributed by atoms with Crippen LogP contribution in [0.25, 0.3) is 0 Å². The molecule has 27 heavy (non-hydrogen) atoms. The van der Waals surface area contributed by atoms with Crippen LogP contribution in [0.3, 0.4) is 0 Å². The molecular formula is C18H15Cl2N3O3S. The van der Waals surface area contributed by atoms with Gasteiger partial charge in [-0.25, -0.2) is 4.21 Å². The summed E-state index contributed by atoms with van der Waals surface area (Å²) in [6.07, 6.45) is 0.246. The van der Waals surface area contributed by atoms with Crippen molar-refractivity contribution in [1.82, 2.24) is 0 Å². The number of carbonyl (C=O) groups excluding carboxylic acids is 2. The highest BCUT2D eigenvalue weighted by atomic mass is 36.0. The van der Waals surface area contributed by atoms with Crippen LogP contribution in [0.1, 0.15) is 27.9 Å². The van der Waals surface area contributed by atoms with Gasteiger partial charge in [0.1, 0.15) is 0 Å². The molecule has 0 radical (unpaired) electrons. The molecule has 2 aromatic carbocycles. The number of hydrogen-bond donors (Lipinski definition) is 1. The Morgan fingerprint density at radius 1 is 1.26 bits per heavy atom. The minimum absolute atomic E-state index is 0.108. The number of nitrogens with one attached hydrogen (secondary N) is 1. The first kappa shape index (κ1) is 20.9. The van der Waals surface area contributed by atoms with Crippen LogP contribution in [0.15, 0.2) is 42.5 Å². The molecule has 2 amide bonds. The fourth-order valence-corrected chi connectivity index (χ4v) is 2.65. The summed E-state index contributed by atoms with van der Waals surface area (Å²) in [6, 6.07) is 14.4. The number of benzene rings is 2. The molecule has 1 heterocycles. The maximum absolute atomic E-state index is 12.9. The van der Waals surface area contributed by atoms with Gasteiger partial charge in [0.2, 0.25) is 15.1 Å². The zero-order valence-corrected chi connectivity index (χ0v) is 16.6. The molecule has 0 fully saturated rings. The molecule has 0 unspecified atom stereocenters. The third kappa shape index (κ3) is 5.54. The Kier molecular flexibility index (Phi) is 7.36. The maximum Gasteiger partial charge on any atom is 0.258 e. The van der Waals surface area contributed by atoms with Crippen molar-refractivity contribution in [1.29, 1.82) is 5.26 Å². The van der Waals surface area contributed by atoms with E-state index in [0.717, 1.165) is 5.56 Å². The third-order valence-corrected chi connectivity index (χ3v) is 3.87. The molecule has 1 N–H and O–H groups in total. The largest absolute Gasteiger partial charge is 0.324 e. The first-order chi connectivity index (χ1) is 12.8. The van der Waals surface area contributed by atoms with Gasteiger partial charge >= 0.3 is 0 Å². The summed E-state index contributed by atoms with van der Waals surface area (Å²) >= 11 is 0. The molecule has 0 aromatic heterocycles. The van der Waals surface area contributed by atoms with Gasteiger partial charge in [0.05, 0.1) is 23.0 Å². The lowest BCUT2D eigenvalue weighted by atomic mass is 10.0. The van der Waals surface area contributed by atoms with Crippen molar-refractivity contribution in [2.75, 3.05) is 16.8 Å². The van der Waals surface area contributed by atoms with E-state index in [1.54, 1.807) is 36.1 Å². The van der Waals surface area contributed by atoms with Crippen molar-refractivity contribution in [3.8, 4) is 6.07 Å². The number of halogens is 2. The Morgan fingerprint density at radius 3 is 2.56 bits per heavy atom. The first-order valence-corrected chi connectivity index (χ1v) is 10.6. The van der Waals surface area contributed by atoms with E-state index < -0.39 is 9.23 Å². The number of carbonyl (C=O) groups is 2. The number of hydrogen-bond acceptors (Lipinski definition) is 4. The zero-order chi connectivity index (χ0) is 20.0. The van der Waals surface area contributed by atoms with E-state index in [2.05, 4.69) is 32.8 Å². The number of anilines is 2. The first-order valence-electron chi connectivity index (χ1n) is 7.79. The second-order valence-electron chi connectivity index (χ2n) is 5.60. The summed E-state index contributed by atoms with van der Waals surface area (Å²) in [7, 11) is 7.36. The molecule has 0 bridgehead atoms. The molecule has 140 valence electrons. The van der Waals surface area contributed by atoms with Crippen molar-refractivity contribution < 1.29 is 13.8 Å². The molecule has 0 saturated carbocycles. The van der Waals surface area contributed by atoms with Gasteiger partial charge in [-0.2, -0.15) is 5.26 Å². The highest BCUT2D eigenvalue weighted by Crippen LogP contribution is 2.29. The minimum Gasteiger partial charge on any atom is -0.324 e. The molecule has 2 aromatic rings. The van der Waals surface area contributed by atoms with Gasteiger partial charge < -0.3 is 10.2 Å². The fraction of sp³-hybridized carbons (Fsp3) is 0.167. The molecule has 0 spiro atoms. The van der Waals surface area contributed by atoms with Gasteiger partial charge in [-0.15, -0.1) is 0 Å². The van der Waals surface area contributed by atoms with Crippen molar-refractivity contribution >= 4 is 53.8 Å². The average molecular weight is 424 g/mol. The van der Waals surface area contributed by atoms with Crippen molar-refractivity contribution in [3.63, 3.8) is 0 Å². The van der Waals surface area contributed by atoms with Gasteiger partial charge in [-0.05, 0) is 42.8 Å². The highest BCUT2D eigenvalue weighted by molar-refractivity contribution is 8.26. The van der Waals surface area contributed by atoms with Gasteiger partial charge in [0.25, 0.3) is 5.91 Å². The van der Waals surface area contributed by atoms with E-state index in [0.29, 0.717) is 29.0 Å². The Labute approximate surface area is 168 Å². The molecule has 6 nitrogen and oxygen atoms in total. The Hall–Kier alpha value is -2.40. The predicted molar refractivity (Wildman–Crippen MR) is 107 cm³/mol. The Bertz CT molecular complexity index is 940. The monoisotopic (exact) mass is 423 g/mol. The zero-order valence-electron chi connectivity index (χ0n) is 14.2. The van der Waals surface area contributed by atoms with Crippen LogP contribution in [0, 0.1) is 18.3 Å². The van der Waals surface area contributed by atoms with Gasteiger partial charge in [-0.1, -0.05) is 12.1 Å². The number of rotatable bonds is 1. The predicted octanol–water partition coefficient (Wildman–Crippen LogP) is 3.90. The van der Waals surface area contributed by atoms with Crippen molar-refractivity contribution in [2.24, 2.45) is 0 Å². The standard InChI is InChI=1S/C18H15N3O2.Cl2OS/c1-12-10-13(6-7-14(12)11-19)18(23)21-9-8-17(22)20-15-4-2-3-5-16(15)21;1-4(2)3/h2-7,10H,8-9H2,1H3,(H,20,22);. The Morgan fingerprint density at radius 2 is 1.93 bits per heavy atom. The summed E-state index contributed by atoms with van der Waals surface area (Å²) < 4.78 is 9.09. The van der Waals surface area contributed by atoms with Crippen LogP contribution >= 0.6 is 21.4 Å². The van der Waals surface area contributed by atoms with Crippen LogP contribution < -0.4 is 10.2 Å². The summed E-state index contributed by atoms with van der Waals surface area (Å²) in [4.78, 5) is 26.3. The summed E-state index contributed by atoms with van der Waals surface area (Å²) in [5.74, 6) is -0.287. The van der Waals surface area contributed by atoms with Crippen LogP contribution in [0.4, 0.5) is 11.4 Å². The van der Waals surface area contributed by atoms with Gasteiger partial charge in [-0.3, -0.25) is 9.59 Å². The smallest absolute Gasteiger partial charge is 0.258 e. The SMILES string of the molecule is Cc1cc(C(=O)N2CCC(=O)Nc3ccccc32)ccc1C#N.O=S(Cl)Cl. The number of nitriles is 1. The number of nitrogens with zero attached hydrogens (tertiary/aromatic N) is 2. The van der Waals surface area contributed by atoms with Crippen LogP contribution in [-0.2, 0) is 14.0 Å². The minimum atomic E-state index is -1.67. The lowest BCUT2D eigenvalue weighted by molar-refractivity contribution is -0.115. The third-order valence-electron chi connectivity index (χ3n) is 3.87. The van der Waals surface area contributed by atoms with Crippen molar-refractivity contribution in [3.05, 3.63) is 59.2 Å². The summed E-state index contributed by atoms with van der Waals surface area (Å²) in [5, 5.41) is 11.8. The Balaban J connectivity index is 0.000000596. The van der Waals surface area contributed by atoms with E-state index in [1.165, 1.54) is 0 Å². The van der Waals surface area contributed by atoms with E-state index in [9.17, 15) is 9.59 Å². The molecule has 0 aliphatic carbocycles. The van der Waals surface area contributed by atoms with Gasteiger partial charge in [0, 0.05) is 39.9 Å². The fourth-order valence-electron chi connectivity index (χ4n) is 2.65. The molecule has 1 aliphatic rings. The molecule has 0 saturated heterocycles. The van der Waals surface area contributed by atoms with Gasteiger partial charge in [0.15, 0.2) is 0 Å². The second-order valence-corrected chi connectivity index (χ2v) is 8.12. The highest BCUT2D eigenvalue weighted by Gasteiger charge is 2.24. The van der Waals surface area contributed by atoms with E-state index >= 15 is 0 Å². The van der Waals surface area contributed by atoms with Crippen molar-refractivity contribution in [2.45, 2.75) is 13.3 Å². The van der Waals surface area contributed by atoms with E-state index in [4.69, 9.17) is 9.47 Å². The summed E-state index contributed by atoms with van der Waals surface area (Å²) in [6.45, 7) is 2.12. The van der Waals surface area contributed by atoms with E-state index in [1.807, 2.05) is 18.2 Å². The number of para-hydroxylation sites is 2. The average Bonchev–Trinajstić information content (AvgIpc) is 2.78. The lowest BCUT2D eigenvalue weighted by Crippen LogP contribution is -2.32. The molecule has 1 aliphatic heterocycles. The lowest BCUT2D eigenvalue weighted by Gasteiger charge is -2.22. The maximum atomic E-state index is 12.9. The number of amides is 2. The number of fused-ring (bicyclic) bond motifs is 1. The van der Waals surface area contributed by atoms with Crippen LogP contribution in [0.5, 0.6) is 0 Å². The quantitative estimate of drug-likeness (QED) is 0.704. The van der Waals surface area contributed by atoms with Crippen LogP contribution in [0.2, 0.25) is 0 Å². The number of aryl methyl sites for hydroxylation is 1. The molecule has 9 heteroatoms. The molecular weight excluding hydrogens is 409 g/mol. The second kappa shape index (κ2) is 9.51. The normalized spacial score (nSPS) is 12.9. The van der Waals surface area contributed by atoms with Crippen LogP contribution in [-0.4, -0.2) is 22.6 Å². The summed E-state index contributed by atoms with van der Waals surface area (Å²) in [5.41, 5.74) is 3.13. The molecule has 3 rings (SSSR count). The topological polar surface area (TPSA) is 90.3 Å². The molecule has 0 atom stereocenters.